The van der Waals surface area contributed by atoms with Crippen molar-refractivity contribution in [2.24, 2.45) is 0 Å². The summed E-state index contributed by atoms with van der Waals surface area (Å²) in [6.07, 6.45) is 7.49. The number of carbonyl (C=O) groups excluding carboxylic acids is 1. The van der Waals surface area contributed by atoms with Crippen LogP contribution in [0.1, 0.15) is 158 Å². The summed E-state index contributed by atoms with van der Waals surface area (Å²) in [5.41, 5.74) is 13.4. The van der Waals surface area contributed by atoms with E-state index in [1.54, 1.807) is 21.3 Å². The normalized spacial score (nSPS) is 10.1. The Morgan fingerprint density at radius 1 is 0.476 bits per heavy atom. The summed E-state index contributed by atoms with van der Waals surface area (Å²) < 4.78 is 20.1. The summed E-state index contributed by atoms with van der Waals surface area (Å²) in [7, 11) is 9.18. The minimum absolute atomic E-state index is 0.352. The second-order valence-corrected chi connectivity index (χ2v) is 20.7. The molecule has 0 spiro atoms. The molecule has 0 aliphatic heterocycles. The van der Waals surface area contributed by atoms with Crippen molar-refractivity contribution in [1.29, 1.82) is 0 Å². The maximum absolute atomic E-state index is 10.7. The van der Waals surface area contributed by atoms with E-state index in [-0.39, 0.29) is 11.7 Å². The van der Waals surface area contributed by atoms with E-state index >= 15 is 0 Å². The van der Waals surface area contributed by atoms with Gasteiger partial charge in [-0.2, -0.15) is 0 Å². The quantitative estimate of drug-likeness (QED) is 0.124. The van der Waals surface area contributed by atoms with Gasteiger partial charge in [-0.3, -0.25) is 0 Å². The summed E-state index contributed by atoms with van der Waals surface area (Å²) in [5, 5.41) is 2.54. The average Bonchev–Trinajstić information content (AvgIpc) is 3.50. The van der Waals surface area contributed by atoms with Crippen LogP contribution < -0.4 is 19.5 Å². The van der Waals surface area contributed by atoms with Crippen LogP contribution in [0.2, 0.25) is 0 Å². The predicted octanol–water partition coefficient (Wildman–Crippen LogP) is 19.7. The number of aryl methyl sites for hydroxylation is 9. The van der Waals surface area contributed by atoms with Crippen molar-refractivity contribution in [2.75, 3.05) is 48.5 Å². The molecule has 0 heterocycles. The first-order valence-electron chi connectivity index (χ1n) is 29.9. The average molecular weight is 1120 g/mol. The lowest BCUT2D eigenvalue weighted by Gasteiger charge is -2.19. The Morgan fingerprint density at radius 3 is 1.33 bits per heavy atom. The Balaban J connectivity index is 0. The number of benzene rings is 7. The van der Waals surface area contributed by atoms with E-state index in [4.69, 9.17) is 18.9 Å². The molecule has 0 radical (unpaired) electrons. The lowest BCUT2D eigenvalue weighted by molar-refractivity contribution is 0.0531. The maximum Gasteiger partial charge on any atom is 0.407 e. The number of nitrogens with one attached hydrogen (secondary N) is 1. The first-order chi connectivity index (χ1) is 39.2. The van der Waals surface area contributed by atoms with Gasteiger partial charge in [-0.25, -0.2) is 4.79 Å². The number of ether oxygens (including phenoxy) is 4. The molecule has 7 nitrogen and oxygen atoms in total. The van der Waals surface area contributed by atoms with Gasteiger partial charge in [0.1, 0.15) is 22.8 Å². The van der Waals surface area contributed by atoms with Gasteiger partial charge in [-0.1, -0.05) is 219 Å². The van der Waals surface area contributed by atoms with Crippen LogP contribution in [0, 0.1) is 20.8 Å². The maximum atomic E-state index is 10.7. The van der Waals surface area contributed by atoms with Crippen molar-refractivity contribution < 1.29 is 23.7 Å². The molecule has 82 heavy (non-hydrogen) atoms. The Bertz CT molecular complexity index is 2520. The van der Waals surface area contributed by atoms with E-state index in [1.165, 1.54) is 62.1 Å². The molecule has 7 heteroatoms. The zero-order chi connectivity index (χ0) is 62.1. The van der Waals surface area contributed by atoms with Crippen LogP contribution in [0.5, 0.6) is 17.2 Å². The zero-order valence-electron chi connectivity index (χ0n) is 55.2. The van der Waals surface area contributed by atoms with E-state index in [9.17, 15) is 4.79 Å². The molecule has 452 valence electrons. The number of para-hydroxylation sites is 1. The van der Waals surface area contributed by atoms with Crippen LogP contribution in [0.3, 0.4) is 0 Å². The summed E-state index contributed by atoms with van der Waals surface area (Å²) in [6.45, 7) is 35.0. The van der Waals surface area contributed by atoms with Gasteiger partial charge in [0.25, 0.3) is 0 Å². The summed E-state index contributed by atoms with van der Waals surface area (Å²) >= 11 is 0. The number of methoxy groups -OCH3 is 3. The standard InChI is InChI=1S/C10H14.3C9H12O.3C9H12.C7H15NO2.C4H11N/c1-3-9(2)10-7-5-4-6-8-10;1-3-8-4-6-9(10-2)7-5-8;1-3-8-5-4-6-9(7-8)10-2;1-3-8-6-4-5-7-9(8)10-2;1-3-9-6-4-8(2)5-7-9;1-3-9-6-4-5-8(2)7-9;1-3-9-7-5-4-6-8(9)2;1-5-8-6(9)10-7(2,3)4;1-4-5(2)3/h4-9H,3H2,1-2H3;3*4-7H,3H2,1-2H3;3*4-7H,3H2,1-2H3;5H2,1-4H3,(H,8,9);4H2,1-3H3/t9-;;;;;;;;/m1......../s1. The predicted molar refractivity (Wildman–Crippen MR) is 358 cm³/mol. The van der Waals surface area contributed by atoms with Gasteiger partial charge in [0.15, 0.2) is 0 Å². The molecule has 7 aromatic rings. The third kappa shape index (κ3) is 40.4. The smallest absolute Gasteiger partial charge is 0.407 e. The van der Waals surface area contributed by atoms with Crippen molar-refractivity contribution in [2.45, 2.75) is 167 Å². The zero-order valence-corrected chi connectivity index (χ0v) is 55.2. The van der Waals surface area contributed by atoms with Gasteiger partial charge in [0.2, 0.25) is 0 Å². The molecular formula is C75H112N2O5. The molecule has 0 aliphatic rings. The molecule has 0 aliphatic carbocycles. The topological polar surface area (TPSA) is 69.3 Å². The van der Waals surface area contributed by atoms with Crippen molar-refractivity contribution in [3.63, 3.8) is 0 Å². The summed E-state index contributed by atoms with van der Waals surface area (Å²) in [6, 6.07) is 60.7. The minimum atomic E-state index is -0.390. The van der Waals surface area contributed by atoms with Crippen molar-refractivity contribution >= 4 is 6.09 Å². The molecule has 0 fully saturated rings. The number of alkyl carbamates (subject to hydrolysis) is 1. The SMILES string of the molecule is CCN(C)C.CCNC(=O)OC(C)(C)C.CC[C@@H](C)c1ccccc1.CCc1ccc(C)cc1.CCc1ccc(OC)cc1.CCc1cccc(C)c1.CCc1cccc(OC)c1.CCc1ccccc1C.CCc1ccccc1OC. The minimum Gasteiger partial charge on any atom is -0.497 e. The lowest BCUT2D eigenvalue weighted by atomic mass is 9.99. The highest BCUT2D eigenvalue weighted by Crippen LogP contribution is 2.18. The Morgan fingerprint density at radius 2 is 0.939 bits per heavy atom. The number of hydrogen-bond acceptors (Lipinski definition) is 6. The fraction of sp³-hybridized carbons (Fsp3) is 0.427. The highest BCUT2D eigenvalue weighted by atomic mass is 16.6. The Labute approximate surface area is 502 Å². The van der Waals surface area contributed by atoms with Gasteiger partial charge < -0.3 is 29.2 Å². The lowest BCUT2D eigenvalue weighted by Crippen LogP contribution is -2.32. The molecule has 0 aromatic heterocycles. The Kier molecular flexibility index (Phi) is 46.0. The Hall–Kier alpha value is -6.83. The fourth-order valence-electron chi connectivity index (χ4n) is 6.99. The first-order valence-corrected chi connectivity index (χ1v) is 29.9. The van der Waals surface area contributed by atoms with Crippen LogP contribution in [0.25, 0.3) is 0 Å². The number of amides is 1. The van der Waals surface area contributed by atoms with Gasteiger partial charge in [0.05, 0.1) is 21.3 Å². The molecular weight excluding hydrogens is 1010 g/mol. The van der Waals surface area contributed by atoms with E-state index in [0.29, 0.717) is 12.5 Å². The van der Waals surface area contributed by atoms with Gasteiger partial charge in [-0.05, 0) is 195 Å². The summed E-state index contributed by atoms with van der Waals surface area (Å²) in [4.78, 5) is 12.9. The van der Waals surface area contributed by atoms with E-state index in [2.05, 4.69) is 241 Å². The van der Waals surface area contributed by atoms with Gasteiger partial charge >= 0.3 is 6.09 Å². The molecule has 0 saturated carbocycles. The summed E-state index contributed by atoms with van der Waals surface area (Å²) in [5.74, 6) is 3.57. The van der Waals surface area contributed by atoms with E-state index in [1.807, 2.05) is 70.2 Å². The highest BCUT2D eigenvalue weighted by molar-refractivity contribution is 5.67. The second kappa shape index (κ2) is 48.8. The first kappa shape index (κ1) is 77.2. The molecule has 1 atom stereocenters. The van der Waals surface area contributed by atoms with Crippen LogP contribution in [-0.2, 0) is 43.3 Å². The van der Waals surface area contributed by atoms with Crippen molar-refractivity contribution in [3.05, 3.63) is 232 Å². The van der Waals surface area contributed by atoms with Crippen molar-refractivity contribution in [1.82, 2.24) is 10.2 Å². The third-order valence-corrected chi connectivity index (χ3v) is 12.7. The molecule has 1 N–H and O–H groups in total. The molecule has 0 bridgehead atoms. The van der Waals surface area contributed by atoms with Crippen LogP contribution in [-0.4, -0.2) is 65.1 Å². The largest absolute Gasteiger partial charge is 0.497 e. The number of hydrogen-bond donors (Lipinski definition) is 1. The fourth-order valence-corrected chi connectivity index (χ4v) is 6.99. The highest BCUT2D eigenvalue weighted by Gasteiger charge is 2.14. The molecule has 7 aromatic carbocycles. The second-order valence-electron chi connectivity index (χ2n) is 20.7. The van der Waals surface area contributed by atoms with E-state index < -0.39 is 0 Å². The van der Waals surface area contributed by atoms with Gasteiger partial charge in [0, 0.05) is 6.54 Å². The molecule has 1 amide bonds. The molecule has 0 saturated heterocycles. The van der Waals surface area contributed by atoms with Crippen LogP contribution in [0.4, 0.5) is 4.79 Å². The third-order valence-electron chi connectivity index (χ3n) is 12.7. The number of nitrogens with zero attached hydrogens (tertiary/aromatic N) is 1. The molecule has 7 rings (SSSR count). The van der Waals surface area contributed by atoms with Gasteiger partial charge in [-0.15, -0.1) is 0 Å². The monoisotopic (exact) mass is 1120 g/mol. The molecule has 0 unspecified atom stereocenters. The number of rotatable bonds is 13. The van der Waals surface area contributed by atoms with Crippen molar-refractivity contribution in [3.8, 4) is 17.2 Å². The van der Waals surface area contributed by atoms with E-state index in [0.717, 1.165) is 62.3 Å². The number of carbonyl (C=O) groups is 1. The van der Waals surface area contributed by atoms with Crippen LogP contribution >= 0.6 is 0 Å². The van der Waals surface area contributed by atoms with Crippen LogP contribution in [0.15, 0.2) is 176 Å².